The number of benzene rings is 2. The molecule has 6 nitrogen and oxygen atoms in total. The molecule has 0 unspecified atom stereocenters. The maximum Gasteiger partial charge on any atom is 0.251 e. The lowest BCUT2D eigenvalue weighted by molar-refractivity contribution is 0.100. The number of hydrogen-bond acceptors (Lipinski definition) is 4. The van der Waals surface area contributed by atoms with E-state index in [9.17, 15) is 18.7 Å². The van der Waals surface area contributed by atoms with Gasteiger partial charge in [0.05, 0.1) is 33.7 Å². The quantitative estimate of drug-likeness (QED) is 0.559. The molecule has 28 heavy (non-hydrogen) atoms. The molecule has 0 aliphatic heterocycles. The predicted molar refractivity (Wildman–Crippen MR) is 98.3 cm³/mol. The van der Waals surface area contributed by atoms with E-state index >= 15 is 0 Å². The molecule has 0 saturated carbocycles. The van der Waals surface area contributed by atoms with Gasteiger partial charge in [-0.1, -0.05) is 23.4 Å². The van der Waals surface area contributed by atoms with Gasteiger partial charge in [0.2, 0.25) is 5.82 Å². The monoisotopic (exact) mass is 383 g/mol. The maximum absolute atomic E-state index is 14.8. The minimum absolute atomic E-state index is 0.137. The summed E-state index contributed by atoms with van der Waals surface area (Å²) in [5.74, 6) is -3.80. The molecule has 0 saturated heterocycles. The Morgan fingerprint density at radius 3 is 2.50 bits per heavy atom. The zero-order valence-corrected chi connectivity index (χ0v) is 15.0. The van der Waals surface area contributed by atoms with Crippen molar-refractivity contribution in [3.63, 3.8) is 0 Å². The summed E-state index contributed by atoms with van der Waals surface area (Å²) >= 11 is 0. The number of amides is 1. The van der Waals surface area contributed by atoms with Gasteiger partial charge in [0.25, 0.3) is 5.91 Å². The Labute approximate surface area is 157 Å². The first-order chi connectivity index (χ1) is 13.3. The molecule has 4 rings (SSSR count). The molecular weight excluding hydrogens is 368 g/mol. The first-order valence-electron chi connectivity index (χ1n) is 8.36. The molecular formula is C20H15F2N3O3. The summed E-state index contributed by atoms with van der Waals surface area (Å²) in [7, 11) is 0. The van der Waals surface area contributed by atoms with Crippen LogP contribution in [0.1, 0.15) is 21.8 Å². The second-order valence-electron chi connectivity index (χ2n) is 6.37. The topological polar surface area (TPSA) is 94.3 Å². The highest BCUT2D eigenvalue weighted by molar-refractivity contribution is 6.13. The number of carbonyl (C=O) groups is 1. The summed E-state index contributed by atoms with van der Waals surface area (Å²) < 4.78 is 35.5. The Bertz CT molecular complexity index is 1240. The molecule has 3 N–H and O–H groups in total. The molecule has 2 heterocycles. The highest BCUT2D eigenvalue weighted by Crippen LogP contribution is 2.40. The van der Waals surface area contributed by atoms with Crippen molar-refractivity contribution < 1.29 is 23.2 Å². The molecule has 142 valence electrons. The van der Waals surface area contributed by atoms with Crippen LogP contribution in [0, 0.1) is 25.5 Å². The lowest BCUT2D eigenvalue weighted by Gasteiger charge is -2.13. The first-order valence-corrected chi connectivity index (χ1v) is 8.36. The summed E-state index contributed by atoms with van der Waals surface area (Å²) in [6.45, 7) is 3.32. The van der Waals surface area contributed by atoms with Gasteiger partial charge in [-0.05, 0) is 32.0 Å². The van der Waals surface area contributed by atoms with Gasteiger partial charge in [-0.3, -0.25) is 4.79 Å². The summed E-state index contributed by atoms with van der Waals surface area (Å²) in [5, 5.41) is 13.9. The van der Waals surface area contributed by atoms with Gasteiger partial charge < -0.3 is 19.9 Å². The van der Waals surface area contributed by atoms with Gasteiger partial charge in [0.15, 0.2) is 11.6 Å². The average Bonchev–Trinajstić information content (AvgIpc) is 3.16. The molecule has 2 aromatic heterocycles. The number of hydrogen-bond donors (Lipinski definition) is 2. The molecule has 0 fully saturated rings. The van der Waals surface area contributed by atoms with Gasteiger partial charge in [0.1, 0.15) is 5.76 Å². The fourth-order valence-corrected chi connectivity index (χ4v) is 3.50. The maximum atomic E-state index is 14.8. The molecule has 0 aliphatic rings. The van der Waals surface area contributed by atoms with Crippen LogP contribution in [-0.2, 0) is 0 Å². The molecule has 8 heteroatoms. The molecule has 0 aliphatic carbocycles. The predicted octanol–water partition coefficient (Wildman–Crippen LogP) is 3.99. The Balaban J connectivity index is 2.26. The van der Waals surface area contributed by atoms with E-state index in [0.717, 1.165) is 6.07 Å². The SMILES string of the molecule is Cc1noc(C)c1-c1c(C(N)=O)c2ccccc2n1-c1ccc(O)c(F)c1F. The number of carbonyl (C=O) groups excluding carboxylic acids is 1. The summed E-state index contributed by atoms with van der Waals surface area (Å²) in [6.07, 6.45) is 0. The third-order valence-electron chi connectivity index (χ3n) is 4.67. The van der Waals surface area contributed by atoms with E-state index in [1.165, 1.54) is 10.6 Å². The van der Waals surface area contributed by atoms with E-state index in [1.807, 2.05) is 0 Å². The summed E-state index contributed by atoms with van der Waals surface area (Å²) in [5.41, 5.74) is 7.21. The van der Waals surface area contributed by atoms with Gasteiger partial charge in [-0.15, -0.1) is 0 Å². The van der Waals surface area contributed by atoms with Crippen LogP contribution in [0.4, 0.5) is 8.78 Å². The van der Waals surface area contributed by atoms with Gasteiger partial charge in [-0.25, -0.2) is 4.39 Å². The minimum Gasteiger partial charge on any atom is -0.505 e. The Morgan fingerprint density at radius 2 is 1.86 bits per heavy atom. The van der Waals surface area contributed by atoms with Crippen LogP contribution in [0.5, 0.6) is 5.75 Å². The minimum atomic E-state index is -1.39. The number of aryl methyl sites for hydroxylation is 2. The zero-order chi connectivity index (χ0) is 20.2. The Morgan fingerprint density at radius 1 is 1.14 bits per heavy atom. The standard InChI is InChI=1S/C20H15F2N3O3/c1-9-15(10(2)28-24-9)19-16(20(23)27)11-5-3-4-6-12(11)25(19)13-7-8-14(26)18(22)17(13)21/h3-8,26H,1-2H3,(H2,23,27). The number of para-hydroxylation sites is 1. The number of primary amides is 1. The largest absolute Gasteiger partial charge is 0.505 e. The average molecular weight is 383 g/mol. The molecule has 1 amide bonds. The summed E-state index contributed by atoms with van der Waals surface area (Å²) in [4.78, 5) is 12.4. The number of nitrogens with zero attached hydrogens (tertiary/aromatic N) is 2. The van der Waals surface area contributed by atoms with E-state index < -0.39 is 23.3 Å². The second kappa shape index (κ2) is 6.19. The second-order valence-corrected chi connectivity index (χ2v) is 6.37. The molecule has 2 aromatic carbocycles. The van der Waals surface area contributed by atoms with E-state index in [0.29, 0.717) is 27.9 Å². The Hall–Kier alpha value is -3.68. The van der Waals surface area contributed by atoms with Crippen molar-refractivity contribution in [1.82, 2.24) is 9.72 Å². The van der Waals surface area contributed by atoms with Crippen LogP contribution < -0.4 is 5.73 Å². The fraction of sp³-hybridized carbons (Fsp3) is 0.100. The van der Waals surface area contributed by atoms with E-state index in [-0.39, 0.29) is 16.9 Å². The van der Waals surface area contributed by atoms with E-state index in [2.05, 4.69) is 5.16 Å². The third-order valence-corrected chi connectivity index (χ3v) is 4.67. The number of halogens is 2. The van der Waals surface area contributed by atoms with Crippen molar-refractivity contribution in [1.29, 1.82) is 0 Å². The highest BCUT2D eigenvalue weighted by atomic mass is 19.2. The highest BCUT2D eigenvalue weighted by Gasteiger charge is 2.29. The van der Waals surface area contributed by atoms with Gasteiger partial charge in [-0.2, -0.15) is 4.39 Å². The number of phenols is 1. The first kappa shape index (κ1) is 17.7. The number of aromatic hydroxyl groups is 1. The molecule has 4 aromatic rings. The summed E-state index contributed by atoms with van der Waals surface area (Å²) in [6, 6.07) is 9.02. The number of phenolic OH excluding ortho intramolecular Hbond substituents is 1. The van der Waals surface area contributed by atoms with Crippen LogP contribution in [0.15, 0.2) is 40.9 Å². The van der Waals surface area contributed by atoms with Crippen molar-refractivity contribution in [2.24, 2.45) is 5.73 Å². The third kappa shape index (κ3) is 2.38. The van der Waals surface area contributed by atoms with Crippen LogP contribution in [0.3, 0.4) is 0 Å². The van der Waals surface area contributed by atoms with E-state index in [1.54, 1.807) is 38.1 Å². The number of nitrogens with two attached hydrogens (primary N) is 1. The lowest BCUT2D eigenvalue weighted by Crippen LogP contribution is -2.13. The molecule has 0 atom stereocenters. The van der Waals surface area contributed by atoms with Crippen LogP contribution >= 0.6 is 0 Å². The fourth-order valence-electron chi connectivity index (χ4n) is 3.50. The number of aromatic nitrogens is 2. The van der Waals surface area contributed by atoms with Crippen LogP contribution in [-0.4, -0.2) is 20.7 Å². The van der Waals surface area contributed by atoms with Crippen molar-refractivity contribution in [2.75, 3.05) is 0 Å². The van der Waals surface area contributed by atoms with Crippen LogP contribution in [0.2, 0.25) is 0 Å². The number of fused-ring (bicyclic) bond motifs is 1. The van der Waals surface area contributed by atoms with E-state index in [4.69, 9.17) is 10.3 Å². The zero-order valence-electron chi connectivity index (χ0n) is 15.0. The molecule has 0 spiro atoms. The van der Waals surface area contributed by atoms with Crippen molar-refractivity contribution >= 4 is 16.8 Å². The molecule has 0 radical (unpaired) electrons. The Kier molecular flexibility index (Phi) is 3.92. The smallest absolute Gasteiger partial charge is 0.251 e. The van der Waals surface area contributed by atoms with Crippen molar-refractivity contribution in [3.8, 4) is 22.7 Å². The molecule has 0 bridgehead atoms. The normalized spacial score (nSPS) is 11.3. The van der Waals surface area contributed by atoms with Gasteiger partial charge >= 0.3 is 0 Å². The van der Waals surface area contributed by atoms with Crippen molar-refractivity contribution in [3.05, 3.63) is 65.1 Å². The lowest BCUT2D eigenvalue weighted by atomic mass is 10.0. The van der Waals surface area contributed by atoms with Crippen molar-refractivity contribution in [2.45, 2.75) is 13.8 Å². The number of rotatable bonds is 3. The van der Waals surface area contributed by atoms with Gasteiger partial charge in [0, 0.05) is 5.39 Å². The van der Waals surface area contributed by atoms with Crippen LogP contribution in [0.25, 0.3) is 27.8 Å².